The Morgan fingerprint density at radius 3 is 2.66 bits per heavy atom. The Morgan fingerprint density at radius 2 is 2.00 bits per heavy atom. The van der Waals surface area contributed by atoms with Gasteiger partial charge >= 0.3 is 0 Å². The van der Waals surface area contributed by atoms with Crippen molar-refractivity contribution in [2.45, 2.75) is 50.6 Å². The van der Waals surface area contributed by atoms with Crippen LogP contribution >= 0.6 is 0 Å². The van der Waals surface area contributed by atoms with Crippen LogP contribution in [0, 0.1) is 11.3 Å². The number of amides is 3. The number of fused-ring (bicyclic) bond motifs is 1. The van der Waals surface area contributed by atoms with E-state index in [4.69, 9.17) is 0 Å². The molecule has 9 heteroatoms. The van der Waals surface area contributed by atoms with Crippen LogP contribution in [0.25, 0.3) is 10.9 Å². The molecule has 3 heterocycles. The molecule has 1 aromatic heterocycles. The van der Waals surface area contributed by atoms with Crippen LogP contribution in [-0.4, -0.2) is 69.9 Å². The van der Waals surface area contributed by atoms with Crippen molar-refractivity contribution >= 4 is 34.4 Å². The van der Waals surface area contributed by atoms with Crippen molar-refractivity contribution in [1.29, 1.82) is 0 Å². The van der Waals surface area contributed by atoms with Crippen LogP contribution in [-0.2, 0) is 21.4 Å². The summed E-state index contributed by atoms with van der Waals surface area (Å²) in [6.45, 7) is 0.296. The largest absolute Gasteiger partial charge is 0.389 e. The summed E-state index contributed by atoms with van der Waals surface area (Å²) in [7, 11) is 1.85. The standard InChI is InChI=1S/C26H32N4O5/c1-29-19-5-3-2-4-16(19)13-20(29)25(35)30-11-9-26(7-8-26)14-21(30)24(34)28-18(22(32)15-31)12-17-6-10-27-23(17)33/h2-5,13,17-18,21,31H,6-12,14-15H2,1H3,(H,27,33)(H,28,34)/t17-,18-,21-/m0/s1. The molecular formula is C26H32N4O5. The summed E-state index contributed by atoms with van der Waals surface area (Å²) in [6.07, 6.45) is 4.21. The lowest BCUT2D eigenvalue weighted by Crippen LogP contribution is -2.57. The number of aliphatic hydroxyl groups is 1. The smallest absolute Gasteiger partial charge is 0.271 e. The molecule has 3 amide bonds. The summed E-state index contributed by atoms with van der Waals surface area (Å²) >= 11 is 0. The Bertz CT molecular complexity index is 1180. The van der Waals surface area contributed by atoms with Gasteiger partial charge in [0, 0.05) is 37.0 Å². The lowest BCUT2D eigenvalue weighted by Gasteiger charge is -2.39. The molecule has 1 aliphatic carbocycles. The molecule has 0 radical (unpaired) electrons. The summed E-state index contributed by atoms with van der Waals surface area (Å²) in [6, 6.07) is 7.94. The van der Waals surface area contributed by atoms with Gasteiger partial charge in [0.05, 0.1) is 6.04 Å². The van der Waals surface area contributed by atoms with Crippen molar-refractivity contribution in [3.05, 3.63) is 36.0 Å². The van der Waals surface area contributed by atoms with Crippen molar-refractivity contribution in [2.75, 3.05) is 19.7 Å². The first kappa shape index (κ1) is 23.5. The Morgan fingerprint density at radius 1 is 1.23 bits per heavy atom. The van der Waals surface area contributed by atoms with Crippen LogP contribution in [0.5, 0.6) is 0 Å². The van der Waals surface area contributed by atoms with Gasteiger partial charge in [-0.2, -0.15) is 0 Å². The number of ketones is 1. The molecule has 3 atom stereocenters. The van der Waals surface area contributed by atoms with E-state index >= 15 is 0 Å². The summed E-state index contributed by atoms with van der Waals surface area (Å²) in [5.41, 5.74) is 1.54. The molecule has 5 rings (SSSR count). The zero-order chi connectivity index (χ0) is 24.7. The number of para-hydroxylation sites is 1. The number of hydrogen-bond donors (Lipinski definition) is 3. The van der Waals surface area contributed by atoms with Gasteiger partial charge in [0.15, 0.2) is 5.78 Å². The minimum absolute atomic E-state index is 0.0829. The third-order valence-corrected chi connectivity index (χ3v) is 8.12. The Labute approximate surface area is 203 Å². The molecule has 1 aromatic carbocycles. The Hall–Kier alpha value is -3.20. The molecule has 186 valence electrons. The number of aromatic nitrogens is 1. The van der Waals surface area contributed by atoms with E-state index in [2.05, 4.69) is 10.6 Å². The number of nitrogens with one attached hydrogen (secondary N) is 2. The van der Waals surface area contributed by atoms with Gasteiger partial charge in [-0.05, 0) is 56.1 Å². The second-order valence-corrected chi connectivity index (χ2v) is 10.3. The van der Waals surface area contributed by atoms with E-state index in [9.17, 15) is 24.3 Å². The molecule has 35 heavy (non-hydrogen) atoms. The van der Waals surface area contributed by atoms with Crippen LogP contribution in [0.1, 0.15) is 49.0 Å². The lowest BCUT2D eigenvalue weighted by molar-refractivity contribution is -0.134. The van der Waals surface area contributed by atoms with Gasteiger partial charge < -0.3 is 25.2 Å². The topological polar surface area (TPSA) is 121 Å². The number of aliphatic hydroxyl groups excluding tert-OH is 1. The highest BCUT2D eigenvalue weighted by Gasteiger charge is 2.51. The van der Waals surface area contributed by atoms with Gasteiger partial charge in [-0.3, -0.25) is 19.2 Å². The molecule has 0 unspecified atom stereocenters. The first-order chi connectivity index (χ1) is 16.8. The van der Waals surface area contributed by atoms with Crippen molar-refractivity contribution in [3.8, 4) is 0 Å². The van der Waals surface area contributed by atoms with Gasteiger partial charge in [-0.15, -0.1) is 0 Å². The molecule has 0 bridgehead atoms. The van der Waals surface area contributed by atoms with Gasteiger partial charge in [-0.25, -0.2) is 0 Å². The third kappa shape index (κ3) is 4.45. The highest BCUT2D eigenvalue weighted by atomic mass is 16.3. The average molecular weight is 481 g/mol. The Balaban J connectivity index is 1.38. The number of rotatable bonds is 7. The van der Waals surface area contributed by atoms with Crippen molar-refractivity contribution in [2.24, 2.45) is 18.4 Å². The van der Waals surface area contributed by atoms with Crippen molar-refractivity contribution in [1.82, 2.24) is 20.1 Å². The van der Waals surface area contributed by atoms with Gasteiger partial charge in [-0.1, -0.05) is 18.2 Å². The van der Waals surface area contributed by atoms with Crippen molar-refractivity contribution < 1.29 is 24.3 Å². The minimum Gasteiger partial charge on any atom is -0.389 e. The number of carbonyl (C=O) groups excluding carboxylic acids is 4. The highest BCUT2D eigenvalue weighted by Crippen LogP contribution is 2.55. The van der Waals surface area contributed by atoms with Crippen LogP contribution in [0.15, 0.2) is 30.3 Å². The summed E-state index contributed by atoms with van der Waals surface area (Å²) in [4.78, 5) is 53.4. The van der Waals surface area contributed by atoms with Crippen LogP contribution in [0.2, 0.25) is 0 Å². The predicted molar refractivity (Wildman–Crippen MR) is 128 cm³/mol. The monoisotopic (exact) mass is 480 g/mol. The summed E-state index contributed by atoms with van der Waals surface area (Å²) in [5, 5.41) is 16.0. The number of piperidine rings is 1. The maximum Gasteiger partial charge on any atom is 0.271 e. The number of aryl methyl sites for hydroxylation is 1. The van der Waals surface area contributed by atoms with E-state index in [1.54, 1.807) is 4.90 Å². The van der Waals surface area contributed by atoms with E-state index in [1.807, 2.05) is 41.9 Å². The quantitative estimate of drug-likeness (QED) is 0.549. The van der Waals surface area contributed by atoms with E-state index < -0.39 is 30.4 Å². The lowest BCUT2D eigenvalue weighted by atomic mass is 9.86. The van der Waals surface area contributed by atoms with Gasteiger partial charge in [0.2, 0.25) is 11.8 Å². The average Bonchev–Trinajstić information content (AvgIpc) is 3.35. The molecular weight excluding hydrogens is 448 g/mol. The maximum atomic E-state index is 13.7. The summed E-state index contributed by atoms with van der Waals surface area (Å²) in [5.74, 6) is -1.66. The number of Topliss-reactive ketones (excluding diaryl/α,β-unsaturated/α-hetero) is 1. The zero-order valence-corrected chi connectivity index (χ0v) is 20.0. The minimum atomic E-state index is -0.965. The zero-order valence-electron chi connectivity index (χ0n) is 20.0. The highest BCUT2D eigenvalue weighted by molar-refractivity contribution is 6.01. The van der Waals surface area contributed by atoms with E-state index in [0.717, 1.165) is 30.2 Å². The molecule has 2 saturated heterocycles. The van der Waals surface area contributed by atoms with E-state index in [-0.39, 0.29) is 29.6 Å². The normalized spacial score (nSPS) is 23.8. The molecule has 9 nitrogen and oxygen atoms in total. The van der Waals surface area contributed by atoms with Crippen LogP contribution in [0.3, 0.4) is 0 Å². The van der Waals surface area contributed by atoms with Crippen molar-refractivity contribution in [3.63, 3.8) is 0 Å². The van der Waals surface area contributed by atoms with E-state index in [1.165, 1.54) is 0 Å². The number of likely N-dealkylation sites (tertiary alicyclic amines) is 1. The predicted octanol–water partition coefficient (Wildman–Crippen LogP) is 1.14. The molecule has 1 spiro atoms. The fourth-order valence-electron chi connectivity index (χ4n) is 5.69. The number of carbonyl (C=O) groups is 4. The Kier molecular flexibility index (Phi) is 6.13. The molecule has 2 aromatic rings. The van der Waals surface area contributed by atoms with Gasteiger partial charge in [0.1, 0.15) is 18.3 Å². The first-order valence-corrected chi connectivity index (χ1v) is 12.4. The third-order valence-electron chi connectivity index (χ3n) is 8.12. The first-order valence-electron chi connectivity index (χ1n) is 12.4. The SMILES string of the molecule is Cn1c(C(=O)N2CCC3(CC3)C[C@H]2C(=O)N[C@@H](C[C@@H]2CCNC2=O)C(=O)CO)cc2ccccc21. The maximum absolute atomic E-state index is 13.7. The fraction of sp³-hybridized carbons (Fsp3) is 0.538. The molecule has 1 saturated carbocycles. The molecule has 3 N–H and O–H groups in total. The van der Waals surface area contributed by atoms with Crippen LogP contribution in [0.4, 0.5) is 0 Å². The van der Waals surface area contributed by atoms with Gasteiger partial charge in [0.25, 0.3) is 5.91 Å². The second kappa shape index (κ2) is 9.11. The molecule has 3 fully saturated rings. The number of hydrogen-bond acceptors (Lipinski definition) is 5. The second-order valence-electron chi connectivity index (χ2n) is 10.3. The summed E-state index contributed by atoms with van der Waals surface area (Å²) < 4.78 is 1.85. The molecule has 2 aliphatic heterocycles. The fourth-order valence-corrected chi connectivity index (χ4v) is 5.69. The number of benzene rings is 1. The van der Waals surface area contributed by atoms with Crippen LogP contribution < -0.4 is 10.6 Å². The number of nitrogens with zero attached hydrogens (tertiary/aromatic N) is 2. The van der Waals surface area contributed by atoms with E-state index in [0.29, 0.717) is 31.6 Å². The molecule has 3 aliphatic rings.